The van der Waals surface area contributed by atoms with Crippen molar-refractivity contribution in [3.05, 3.63) is 29.8 Å². The number of carbonyl (C=O) groups is 2. The zero-order valence-electron chi connectivity index (χ0n) is 13.9. The molecule has 0 heterocycles. The molecule has 1 aromatic rings. The van der Waals surface area contributed by atoms with Crippen molar-refractivity contribution in [2.75, 3.05) is 26.9 Å². The van der Waals surface area contributed by atoms with Crippen molar-refractivity contribution >= 4 is 11.8 Å². The number of carbonyl (C=O) groups excluding carboxylic acids is 2. The normalized spacial score (nSPS) is 14.8. The van der Waals surface area contributed by atoms with Gasteiger partial charge in [-0.05, 0) is 37.0 Å². The first-order valence-corrected chi connectivity index (χ1v) is 8.12. The number of amides is 2. The largest absolute Gasteiger partial charge is 0.484 e. The Hall–Kier alpha value is -2.12. The first-order chi connectivity index (χ1) is 11.6. The Morgan fingerprint density at radius 3 is 2.62 bits per heavy atom. The molecule has 1 unspecified atom stereocenters. The predicted molar refractivity (Wildman–Crippen MR) is 89.7 cm³/mol. The van der Waals surface area contributed by atoms with Crippen LogP contribution in [0.1, 0.15) is 18.4 Å². The van der Waals surface area contributed by atoms with Gasteiger partial charge >= 0.3 is 0 Å². The molecule has 0 aromatic heterocycles. The van der Waals surface area contributed by atoms with Gasteiger partial charge in [0.2, 0.25) is 5.91 Å². The number of hydrogen-bond donors (Lipinski definition) is 3. The Kier molecular flexibility index (Phi) is 7.02. The second-order valence-corrected chi connectivity index (χ2v) is 5.88. The summed E-state index contributed by atoms with van der Waals surface area (Å²) >= 11 is 0. The molecule has 1 aliphatic carbocycles. The van der Waals surface area contributed by atoms with Gasteiger partial charge in [0, 0.05) is 19.7 Å². The monoisotopic (exact) mass is 335 g/mol. The lowest BCUT2D eigenvalue weighted by atomic mass is 10.1. The summed E-state index contributed by atoms with van der Waals surface area (Å²) in [6, 6.07) is 7.16. The summed E-state index contributed by atoms with van der Waals surface area (Å²) in [6.45, 7) is 0.732. The highest BCUT2D eigenvalue weighted by atomic mass is 16.5. The maximum atomic E-state index is 11.6. The Bertz CT molecular complexity index is 543. The molecule has 4 N–H and O–H groups in total. The SMILES string of the molecule is COCC(N)C(=O)NCCc1ccc(OCC(=O)NC2CC2)cc1. The van der Waals surface area contributed by atoms with E-state index >= 15 is 0 Å². The summed E-state index contributed by atoms with van der Waals surface area (Å²) in [5, 5.41) is 5.64. The third kappa shape index (κ3) is 6.55. The highest BCUT2D eigenvalue weighted by Crippen LogP contribution is 2.18. The van der Waals surface area contributed by atoms with Crippen molar-refractivity contribution in [1.29, 1.82) is 0 Å². The van der Waals surface area contributed by atoms with Crippen LogP contribution in [0.15, 0.2) is 24.3 Å². The second-order valence-electron chi connectivity index (χ2n) is 5.88. The van der Waals surface area contributed by atoms with Gasteiger partial charge in [0.1, 0.15) is 11.8 Å². The number of benzene rings is 1. The Morgan fingerprint density at radius 2 is 2.00 bits per heavy atom. The Morgan fingerprint density at radius 1 is 1.29 bits per heavy atom. The second kappa shape index (κ2) is 9.24. The van der Waals surface area contributed by atoms with Crippen molar-refractivity contribution in [3.63, 3.8) is 0 Å². The average Bonchev–Trinajstić information content (AvgIpc) is 3.38. The number of ether oxygens (including phenoxy) is 2. The minimum absolute atomic E-state index is 0.0310. The van der Waals surface area contributed by atoms with E-state index in [2.05, 4.69) is 10.6 Å². The number of hydrogen-bond acceptors (Lipinski definition) is 5. The lowest BCUT2D eigenvalue weighted by Crippen LogP contribution is -2.44. The summed E-state index contributed by atoms with van der Waals surface area (Å²) < 4.78 is 10.3. The molecule has 0 saturated heterocycles. The fraction of sp³-hybridized carbons (Fsp3) is 0.529. The van der Waals surface area contributed by atoms with Crippen LogP contribution in [0.2, 0.25) is 0 Å². The fourth-order valence-electron chi connectivity index (χ4n) is 2.11. The van der Waals surface area contributed by atoms with Gasteiger partial charge in [0.25, 0.3) is 5.91 Å². The zero-order chi connectivity index (χ0) is 17.4. The lowest BCUT2D eigenvalue weighted by Gasteiger charge is -2.11. The molecular formula is C17H25N3O4. The minimum Gasteiger partial charge on any atom is -0.484 e. The fourth-order valence-corrected chi connectivity index (χ4v) is 2.11. The molecule has 24 heavy (non-hydrogen) atoms. The number of nitrogens with two attached hydrogens (primary N) is 1. The minimum atomic E-state index is -0.646. The Labute approximate surface area is 141 Å². The number of nitrogens with one attached hydrogen (secondary N) is 2. The van der Waals surface area contributed by atoms with Crippen LogP contribution in [0.3, 0.4) is 0 Å². The zero-order valence-corrected chi connectivity index (χ0v) is 13.9. The molecule has 1 aliphatic rings. The lowest BCUT2D eigenvalue weighted by molar-refractivity contribution is -0.124. The van der Waals surface area contributed by atoms with Gasteiger partial charge in [-0.15, -0.1) is 0 Å². The molecule has 2 amide bonds. The van der Waals surface area contributed by atoms with Crippen molar-refractivity contribution in [2.45, 2.75) is 31.3 Å². The van der Waals surface area contributed by atoms with E-state index in [4.69, 9.17) is 15.2 Å². The first-order valence-electron chi connectivity index (χ1n) is 8.12. The van der Waals surface area contributed by atoms with Crippen molar-refractivity contribution in [1.82, 2.24) is 10.6 Å². The third-order valence-electron chi connectivity index (χ3n) is 3.63. The molecule has 1 aromatic carbocycles. The summed E-state index contributed by atoms with van der Waals surface area (Å²) in [7, 11) is 1.51. The van der Waals surface area contributed by atoms with Gasteiger partial charge in [-0.1, -0.05) is 12.1 Å². The van der Waals surface area contributed by atoms with Gasteiger partial charge in [0.05, 0.1) is 6.61 Å². The molecule has 1 saturated carbocycles. The van der Waals surface area contributed by atoms with E-state index in [0.29, 0.717) is 24.8 Å². The third-order valence-corrected chi connectivity index (χ3v) is 3.63. The van der Waals surface area contributed by atoms with Crippen molar-refractivity contribution in [3.8, 4) is 5.75 Å². The highest BCUT2D eigenvalue weighted by molar-refractivity contribution is 5.81. The Balaban J connectivity index is 1.65. The van der Waals surface area contributed by atoms with Crippen LogP contribution >= 0.6 is 0 Å². The van der Waals surface area contributed by atoms with Crippen LogP contribution in [0.4, 0.5) is 0 Å². The van der Waals surface area contributed by atoms with E-state index in [1.165, 1.54) is 7.11 Å². The predicted octanol–water partition coefficient (Wildman–Crippen LogP) is -0.0236. The highest BCUT2D eigenvalue weighted by Gasteiger charge is 2.23. The van der Waals surface area contributed by atoms with E-state index in [1.54, 1.807) is 0 Å². The molecule has 1 fully saturated rings. The molecule has 1 atom stereocenters. The maximum absolute atomic E-state index is 11.6. The van der Waals surface area contributed by atoms with Gasteiger partial charge < -0.3 is 25.8 Å². The molecule has 7 nitrogen and oxygen atoms in total. The maximum Gasteiger partial charge on any atom is 0.258 e. The molecule has 132 valence electrons. The van der Waals surface area contributed by atoms with Crippen molar-refractivity contribution < 1.29 is 19.1 Å². The van der Waals surface area contributed by atoms with Gasteiger partial charge in [-0.2, -0.15) is 0 Å². The van der Waals surface area contributed by atoms with E-state index in [1.807, 2.05) is 24.3 Å². The van der Waals surface area contributed by atoms with Crippen molar-refractivity contribution in [2.24, 2.45) is 5.73 Å². The summed E-state index contributed by atoms with van der Waals surface area (Å²) in [5.41, 5.74) is 6.69. The topological polar surface area (TPSA) is 103 Å². The van der Waals surface area contributed by atoms with Crippen LogP contribution < -0.4 is 21.1 Å². The van der Waals surface area contributed by atoms with Crippen LogP contribution in [0.25, 0.3) is 0 Å². The molecule has 2 rings (SSSR count). The van der Waals surface area contributed by atoms with Crippen LogP contribution in [0.5, 0.6) is 5.75 Å². The van der Waals surface area contributed by atoms with Crippen LogP contribution in [-0.2, 0) is 20.7 Å². The smallest absolute Gasteiger partial charge is 0.258 e. The van der Waals surface area contributed by atoms with E-state index in [-0.39, 0.29) is 25.0 Å². The van der Waals surface area contributed by atoms with Gasteiger partial charge in [-0.3, -0.25) is 9.59 Å². The van der Waals surface area contributed by atoms with E-state index < -0.39 is 6.04 Å². The molecule has 0 radical (unpaired) electrons. The molecular weight excluding hydrogens is 310 g/mol. The van der Waals surface area contributed by atoms with Gasteiger partial charge in [-0.25, -0.2) is 0 Å². The number of methoxy groups -OCH3 is 1. The van der Waals surface area contributed by atoms with E-state index in [9.17, 15) is 9.59 Å². The molecule has 0 spiro atoms. The molecule has 0 bridgehead atoms. The quantitative estimate of drug-likeness (QED) is 0.557. The van der Waals surface area contributed by atoms with Crippen LogP contribution in [0, 0.1) is 0 Å². The molecule has 0 aliphatic heterocycles. The average molecular weight is 335 g/mol. The van der Waals surface area contributed by atoms with E-state index in [0.717, 1.165) is 18.4 Å². The van der Waals surface area contributed by atoms with Crippen LogP contribution in [-0.4, -0.2) is 50.8 Å². The standard InChI is InChI=1S/C17H25N3O4/c1-23-10-15(18)17(22)19-9-8-12-2-6-14(7-3-12)24-11-16(21)20-13-4-5-13/h2-3,6-7,13,15H,4-5,8-11,18H2,1H3,(H,19,22)(H,20,21). The number of rotatable bonds is 10. The summed E-state index contributed by atoms with van der Waals surface area (Å²) in [5.74, 6) is 0.339. The molecule has 7 heteroatoms. The van der Waals surface area contributed by atoms with Gasteiger partial charge in [0.15, 0.2) is 6.61 Å². The first kappa shape index (κ1) is 18.2. The summed E-state index contributed by atoms with van der Waals surface area (Å²) in [4.78, 5) is 23.2. The summed E-state index contributed by atoms with van der Waals surface area (Å²) in [6.07, 6.45) is 2.81.